The first-order valence-electron chi connectivity index (χ1n) is 9.24. The molecule has 2 aromatic rings. The zero-order valence-electron chi connectivity index (χ0n) is 15.5. The van der Waals surface area contributed by atoms with Crippen LogP contribution in [0.2, 0.25) is 0 Å². The Bertz CT molecular complexity index is 786. The van der Waals surface area contributed by atoms with Crippen LogP contribution in [0.1, 0.15) is 12.5 Å². The lowest BCUT2D eigenvalue weighted by Crippen LogP contribution is -2.52. The topological polar surface area (TPSA) is 74.0 Å². The van der Waals surface area contributed by atoms with E-state index >= 15 is 0 Å². The van der Waals surface area contributed by atoms with Crippen molar-refractivity contribution in [3.05, 3.63) is 70.3 Å². The van der Waals surface area contributed by atoms with Gasteiger partial charge in [-0.2, -0.15) is 0 Å². The van der Waals surface area contributed by atoms with Gasteiger partial charge in [-0.3, -0.25) is 10.1 Å². The maximum atomic E-state index is 10.9. The Labute approximate surface area is 159 Å². The Morgan fingerprint density at radius 2 is 1.85 bits per heavy atom. The van der Waals surface area contributed by atoms with E-state index < -0.39 is 0 Å². The Kier molecular flexibility index (Phi) is 6.25. The van der Waals surface area contributed by atoms with Crippen LogP contribution in [0.15, 0.2) is 59.6 Å². The SMILES string of the molecule is CCNC(=NCc1cccc([N+](=O)[O-])c1)N1CCN(c2ccccc2)CC1. The minimum Gasteiger partial charge on any atom is -0.368 e. The summed E-state index contributed by atoms with van der Waals surface area (Å²) >= 11 is 0. The molecular formula is C20H25N5O2. The average Bonchev–Trinajstić information content (AvgIpc) is 2.72. The minimum absolute atomic E-state index is 0.101. The number of hydrogen-bond acceptors (Lipinski definition) is 4. The summed E-state index contributed by atoms with van der Waals surface area (Å²) in [6, 6.07) is 17.1. The van der Waals surface area contributed by atoms with Crippen LogP contribution >= 0.6 is 0 Å². The van der Waals surface area contributed by atoms with Crippen LogP contribution in [-0.2, 0) is 6.54 Å². The predicted molar refractivity (Wildman–Crippen MR) is 108 cm³/mol. The molecule has 0 unspecified atom stereocenters. The van der Waals surface area contributed by atoms with E-state index in [1.165, 1.54) is 11.8 Å². The lowest BCUT2D eigenvalue weighted by Gasteiger charge is -2.37. The second-order valence-electron chi connectivity index (χ2n) is 6.41. The maximum Gasteiger partial charge on any atom is 0.269 e. The van der Waals surface area contributed by atoms with Crippen LogP contribution < -0.4 is 10.2 Å². The predicted octanol–water partition coefficient (Wildman–Crippen LogP) is 2.88. The standard InChI is InChI=1S/C20H25N5O2/c1-2-21-20(22-16-17-7-6-10-19(15-17)25(26)27)24-13-11-23(12-14-24)18-8-4-3-5-9-18/h3-10,15H,2,11-14,16H2,1H3,(H,21,22). The highest BCUT2D eigenvalue weighted by Gasteiger charge is 2.19. The molecule has 0 atom stereocenters. The first-order chi connectivity index (χ1) is 13.2. The molecular weight excluding hydrogens is 342 g/mol. The molecule has 0 aromatic heterocycles. The van der Waals surface area contributed by atoms with E-state index in [0.717, 1.165) is 44.2 Å². The fourth-order valence-electron chi connectivity index (χ4n) is 3.18. The van der Waals surface area contributed by atoms with Gasteiger partial charge in [0.2, 0.25) is 0 Å². The Morgan fingerprint density at radius 1 is 1.11 bits per heavy atom. The van der Waals surface area contributed by atoms with Crippen LogP contribution in [0.4, 0.5) is 11.4 Å². The van der Waals surface area contributed by atoms with E-state index in [4.69, 9.17) is 4.99 Å². The first kappa shape index (κ1) is 18.7. The molecule has 1 fully saturated rings. The van der Waals surface area contributed by atoms with E-state index in [2.05, 4.69) is 39.4 Å². The molecule has 7 heteroatoms. The fraction of sp³-hybridized carbons (Fsp3) is 0.350. The molecule has 142 valence electrons. The van der Waals surface area contributed by atoms with E-state index in [9.17, 15) is 10.1 Å². The van der Waals surface area contributed by atoms with Crippen LogP contribution in [0.3, 0.4) is 0 Å². The maximum absolute atomic E-state index is 10.9. The Balaban J connectivity index is 1.64. The van der Waals surface area contributed by atoms with Gasteiger partial charge in [0.15, 0.2) is 5.96 Å². The molecule has 2 aromatic carbocycles. The highest BCUT2D eigenvalue weighted by atomic mass is 16.6. The average molecular weight is 367 g/mol. The number of guanidine groups is 1. The highest BCUT2D eigenvalue weighted by molar-refractivity contribution is 5.80. The third kappa shape index (κ3) is 4.97. The van der Waals surface area contributed by atoms with Gasteiger partial charge in [0.25, 0.3) is 5.69 Å². The lowest BCUT2D eigenvalue weighted by molar-refractivity contribution is -0.384. The van der Waals surface area contributed by atoms with Crippen molar-refractivity contribution in [2.45, 2.75) is 13.5 Å². The largest absolute Gasteiger partial charge is 0.368 e. The van der Waals surface area contributed by atoms with Gasteiger partial charge < -0.3 is 15.1 Å². The van der Waals surface area contributed by atoms with E-state index in [0.29, 0.717) is 6.54 Å². The number of nitrogens with one attached hydrogen (secondary N) is 1. The second kappa shape index (κ2) is 9.02. The van der Waals surface area contributed by atoms with Gasteiger partial charge in [-0.05, 0) is 24.6 Å². The number of nitro benzene ring substituents is 1. The third-order valence-corrected chi connectivity index (χ3v) is 4.57. The van der Waals surface area contributed by atoms with Crippen LogP contribution in [0.25, 0.3) is 0 Å². The summed E-state index contributed by atoms with van der Waals surface area (Å²) < 4.78 is 0. The van der Waals surface area contributed by atoms with Crippen molar-refractivity contribution in [3.8, 4) is 0 Å². The summed E-state index contributed by atoms with van der Waals surface area (Å²) in [6.45, 7) is 6.89. The first-order valence-corrected chi connectivity index (χ1v) is 9.24. The van der Waals surface area contributed by atoms with Gasteiger partial charge in [-0.25, -0.2) is 4.99 Å². The van der Waals surface area contributed by atoms with Crippen molar-refractivity contribution in [3.63, 3.8) is 0 Å². The number of benzene rings is 2. The summed E-state index contributed by atoms with van der Waals surface area (Å²) in [6.07, 6.45) is 0. The molecule has 7 nitrogen and oxygen atoms in total. The molecule has 3 rings (SSSR count). The number of rotatable bonds is 5. The van der Waals surface area contributed by atoms with Gasteiger partial charge in [0.1, 0.15) is 0 Å². The van der Waals surface area contributed by atoms with Gasteiger partial charge in [-0.15, -0.1) is 0 Å². The molecule has 1 N–H and O–H groups in total. The molecule has 1 aliphatic rings. The molecule has 0 saturated carbocycles. The number of para-hydroxylation sites is 1. The fourth-order valence-corrected chi connectivity index (χ4v) is 3.18. The van der Waals surface area contributed by atoms with Crippen LogP contribution in [0.5, 0.6) is 0 Å². The van der Waals surface area contributed by atoms with Gasteiger partial charge >= 0.3 is 0 Å². The number of aliphatic imine (C=N–C) groups is 1. The van der Waals surface area contributed by atoms with Crippen molar-refractivity contribution in [1.82, 2.24) is 10.2 Å². The van der Waals surface area contributed by atoms with Crippen molar-refractivity contribution >= 4 is 17.3 Å². The summed E-state index contributed by atoms with van der Waals surface area (Å²) in [5.74, 6) is 0.858. The molecule has 0 bridgehead atoms. The summed E-state index contributed by atoms with van der Waals surface area (Å²) in [5, 5.41) is 14.3. The number of nitrogens with zero attached hydrogens (tertiary/aromatic N) is 4. The van der Waals surface area contributed by atoms with Crippen molar-refractivity contribution < 1.29 is 4.92 Å². The summed E-state index contributed by atoms with van der Waals surface area (Å²) in [4.78, 5) is 19.9. The normalized spacial score (nSPS) is 14.9. The van der Waals surface area contributed by atoms with Gasteiger partial charge in [0, 0.05) is 50.5 Å². The second-order valence-corrected chi connectivity index (χ2v) is 6.41. The van der Waals surface area contributed by atoms with Crippen molar-refractivity contribution in [2.75, 3.05) is 37.6 Å². The van der Waals surface area contributed by atoms with Crippen molar-refractivity contribution in [1.29, 1.82) is 0 Å². The number of non-ortho nitro benzene ring substituents is 1. The number of anilines is 1. The quantitative estimate of drug-likeness (QED) is 0.381. The van der Waals surface area contributed by atoms with Gasteiger partial charge in [0.05, 0.1) is 11.5 Å². The van der Waals surface area contributed by atoms with E-state index in [-0.39, 0.29) is 10.6 Å². The third-order valence-electron chi connectivity index (χ3n) is 4.57. The summed E-state index contributed by atoms with van der Waals surface area (Å²) in [5.41, 5.74) is 2.18. The molecule has 1 aliphatic heterocycles. The molecule has 1 saturated heterocycles. The van der Waals surface area contributed by atoms with E-state index in [1.54, 1.807) is 12.1 Å². The molecule has 0 spiro atoms. The number of nitro groups is 1. The van der Waals surface area contributed by atoms with Gasteiger partial charge in [-0.1, -0.05) is 30.3 Å². The monoisotopic (exact) mass is 367 g/mol. The molecule has 27 heavy (non-hydrogen) atoms. The lowest BCUT2D eigenvalue weighted by atomic mass is 10.2. The molecule has 1 heterocycles. The Morgan fingerprint density at radius 3 is 2.52 bits per heavy atom. The highest BCUT2D eigenvalue weighted by Crippen LogP contribution is 2.16. The minimum atomic E-state index is -0.374. The molecule has 0 amide bonds. The summed E-state index contributed by atoms with van der Waals surface area (Å²) in [7, 11) is 0. The van der Waals surface area contributed by atoms with Crippen molar-refractivity contribution in [2.24, 2.45) is 4.99 Å². The zero-order chi connectivity index (χ0) is 19.1. The number of piperazine rings is 1. The Hall–Kier alpha value is -3.09. The number of hydrogen-bond donors (Lipinski definition) is 1. The molecule has 0 aliphatic carbocycles. The van der Waals surface area contributed by atoms with E-state index in [1.807, 2.05) is 19.1 Å². The molecule has 0 radical (unpaired) electrons. The smallest absolute Gasteiger partial charge is 0.269 e. The van der Waals surface area contributed by atoms with Crippen LogP contribution in [-0.4, -0.2) is 48.5 Å². The zero-order valence-corrected chi connectivity index (χ0v) is 15.5. The van der Waals surface area contributed by atoms with Crippen LogP contribution in [0, 0.1) is 10.1 Å².